The molecule has 0 saturated carbocycles. The van der Waals surface area contributed by atoms with Gasteiger partial charge in [-0.05, 0) is 42.0 Å². The first-order chi connectivity index (χ1) is 18.8. The molecule has 0 saturated heterocycles. The summed E-state index contributed by atoms with van der Waals surface area (Å²) < 4.78 is 139. The third kappa shape index (κ3) is 7.92. The molecule has 2 atom stereocenters. The zero-order valence-electron chi connectivity index (χ0n) is 19.9. The molecule has 0 radical (unpaired) electrons. The van der Waals surface area contributed by atoms with Gasteiger partial charge in [-0.25, -0.2) is 4.39 Å². The van der Waals surface area contributed by atoms with Gasteiger partial charge in [0.1, 0.15) is 17.7 Å². The Morgan fingerprint density at radius 1 is 0.854 bits per heavy atom. The molecule has 0 amide bonds. The summed E-state index contributed by atoms with van der Waals surface area (Å²) in [5, 5.41) is -1.09. The molecule has 0 spiro atoms. The first kappa shape index (κ1) is 32.7. The summed E-state index contributed by atoms with van der Waals surface area (Å²) in [4.78, 5) is 16.2. The average Bonchev–Trinajstić information content (AvgIpc) is 2.86. The summed E-state index contributed by atoms with van der Waals surface area (Å²) in [6.07, 6.45) is -16.1. The third-order valence-corrected chi connectivity index (χ3v) is 6.96. The minimum Gasteiger partial charge on any atom is -0.294 e. The minimum absolute atomic E-state index is 0.0341. The molecule has 1 aromatic heterocycles. The van der Waals surface area contributed by atoms with Gasteiger partial charge in [-0.2, -0.15) is 39.5 Å². The summed E-state index contributed by atoms with van der Waals surface area (Å²) in [6.45, 7) is 0. The van der Waals surface area contributed by atoms with Crippen molar-refractivity contribution in [3.63, 3.8) is 0 Å². The number of hydrogen-bond donors (Lipinski definition) is 0. The van der Waals surface area contributed by atoms with Gasteiger partial charge in [0.2, 0.25) is 0 Å². The highest BCUT2D eigenvalue weighted by molar-refractivity contribution is 6.48. The maximum absolute atomic E-state index is 15.0. The van der Waals surface area contributed by atoms with Crippen molar-refractivity contribution in [1.82, 2.24) is 4.98 Å². The lowest BCUT2D eigenvalue weighted by Crippen LogP contribution is -2.25. The molecule has 0 fully saturated rings. The predicted molar refractivity (Wildman–Crippen MR) is 133 cm³/mol. The standard InChI is InChI=1S/C26H14Cl3F10NO/c27-18-8-13(9-19(28)23(18)29)15(24(31,32)33)10-20(30)12-4-5-14(16(7-12)25(34,35)36)22(41)11-17(26(37,38)39)21-3-1-2-6-40-21/h1-10,15,17H,11H2/b20-10-. The lowest BCUT2D eigenvalue weighted by Gasteiger charge is -2.21. The first-order valence-corrected chi connectivity index (χ1v) is 12.2. The van der Waals surface area contributed by atoms with Crippen LogP contribution in [0.5, 0.6) is 0 Å². The SMILES string of the molecule is O=C(CC(c1ccccn1)C(F)(F)F)c1ccc(/C(F)=C/C(c2cc(Cl)c(Cl)c(Cl)c2)C(F)(F)F)cc1C(F)(F)F. The van der Waals surface area contributed by atoms with E-state index in [2.05, 4.69) is 4.98 Å². The number of Topliss-reactive ketones (excluding diaryl/α,β-unsaturated/α-hetero) is 1. The number of rotatable bonds is 7. The zero-order valence-corrected chi connectivity index (χ0v) is 22.2. The summed E-state index contributed by atoms with van der Waals surface area (Å²) in [6, 6.07) is 5.91. The number of alkyl halides is 9. The highest BCUT2D eigenvalue weighted by Crippen LogP contribution is 2.43. The summed E-state index contributed by atoms with van der Waals surface area (Å²) in [5.74, 6) is -8.67. The van der Waals surface area contributed by atoms with Crippen molar-refractivity contribution in [2.75, 3.05) is 0 Å². The Hall–Kier alpha value is -2.83. The Morgan fingerprint density at radius 2 is 1.46 bits per heavy atom. The van der Waals surface area contributed by atoms with Crippen LogP contribution in [0.3, 0.4) is 0 Å². The van der Waals surface area contributed by atoms with Crippen LogP contribution in [-0.4, -0.2) is 23.1 Å². The molecule has 15 heteroatoms. The van der Waals surface area contributed by atoms with Crippen molar-refractivity contribution in [3.8, 4) is 0 Å². The van der Waals surface area contributed by atoms with Crippen molar-refractivity contribution in [3.05, 3.63) is 104 Å². The Bertz CT molecular complexity index is 1430. The van der Waals surface area contributed by atoms with Crippen LogP contribution in [0.15, 0.2) is 60.8 Å². The topological polar surface area (TPSA) is 30.0 Å². The number of benzene rings is 2. The fourth-order valence-corrected chi connectivity index (χ4v) is 4.43. The summed E-state index contributed by atoms with van der Waals surface area (Å²) >= 11 is 17.2. The second-order valence-corrected chi connectivity index (χ2v) is 9.76. The van der Waals surface area contributed by atoms with Crippen LogP contribution in [0.2, 0.25) is 15.1 Å². The lowest BCUT2D eigenvalue weighted by atomic mass is 9.90. The number of carbonyl (C=O) groups is 1. The molecular weight excluding hydrogens is 639 g/mol. The molecule has 3 rings (SSSR count). The van der Waals surface area contributed by atoms with Gasteiger partial charge in [-0.1, -0.05) is 53.0 Å². The van der Waals surface area contributed by atoms with E-state index in [4.69, 9.17) is 34.8 Å². The number of hydrogen-bond acceptors (Lipinski definition) is 2. The van der Waals surface area contributed by atoms with E-state index in [0.29, 0.717) is 12.1 Å². The van der Waals surface area contributed by atoms with Crippen molar-refractivity contribution < 1.29 is 48.7 Å². The molecule has 3 aromatic rings. The number of pyridine rings is 1. The molecule has 41 heavy (non-hydrogen) atoms. The van der Waals surface area contributed by atoms with Crippen LogP contribution in [0.4, 0.5) is 43.9 Å². The Balaban J connectivity index is 2.06. The normalized spacial score (nSPS) is 14.6. The van der Waals surface area contributed by atoms with Crippen LogP contribution >= 0.6 is 34.8 Å². The molecule has 0 aliphatic carbocycles. The summed E-state index contributed by atoms with van der Waals surface area (Å²) in [5.41, 5.74) is -5.39. The Labute approximate surface area is 240 Å². The van der Waals surface area contributed by atoms with E-state index in [1.165, 1.54) is 12.1 Å². The lowest BCUT2D eigenvalue weighted by molar-refractivity contribution is -0.150. The first-order valence-electron chi connectivity index (χ1n) is 11.1. The highest BCUT2D eigenvalue weighted by atomic mass is 35.5. The molecule has 2 unspecified atom stereocenters. The Kier molecular flexibility index (Phi) is 9.71. The Morgan fingerprint density at radius 3 is 1.95 bits per heavy atom. The third-order valence-electron chi connectivity index (χ3n) is 5.76. The molecule has 2 aromatic carbocycles. The highest BCUT2D eigenvalue weighted by Gasteiger charge is 2.45. The van der Waals surface area contributed by atoms with Gasteiger partial charge in [0.05, 0.1) is 26.3 Å². The number of carbonyl (C=O) groups excluding carboxylic acids is 1. The van der Waals surface area contributed by atoms with Crippen molar-refractivity contribution >= 4 is 46.4 Å². The van der Waals surface area contributed by atoms with Gasteiger partial charge >= 0.3 is 18.5 Å². The number of allylic oxidation sites excluding steroid dienone is 1. The molecule has 0 aliphatic heterocycles. The molecule has 0 N–H and O–H groups in total. The van der Waals surface area contributed by atoms with E-state index >= 15 is 4.39 Å². The molecule has 1 heterocycles. The molecule has 0 aliphatic rings. The van der Waals surface area contributed by atoms with Gasteiger partial charge < -0.3 is 0 Å². The predicted octanol–water partition coefficient (Wildman–Crippen LogP) is 10.6. The van der Waals surface area contributed by atoms with Gasteiger partial charge in [-0.3, -0.25) is 9.78 Å². The zero-order chi connectivity index (χ0) is 30.9. The minimum atomic E-state index is -5.39. The molecule has 0 bridgehead atoms. The van der Waals surface area contributed by atoms with E-state index in [1.54, 1.807) is 0 Å². The van der Waals surface area contributed by atoms with E-state index in [1.807, 2.05) is 0 Å². The fraction of sp³-hybridized carbons (Fsp3) is 0.231. The van der Waals surface area contributed by atoms with Gasteiger partial charge in [0, 0.05) is 23.7 Å². The number of nitrogens with zero attached hydrogens (tertiary/aromatic N) is 1. The fourth-order valence-electron chi connectivity index (χ4n) is 3.81. The van der Waals surface area contributed by atoms with E-state index in [-0.39, 0.29) is 17.2 Å². The van der Waals surface area contributed by atoms with Crippen LogP contribution in [0, 0.1) is 0 Å². The van der Waals surface area contributed by atoms with Gasteiger partial charge in [0.15, 0.2) is 5.78 Å². The monoisotopic (exact) mass is 651 g/mol. The van der Waals surface area contributed by atoms with Gasteiger partial charge in [-0.15, -0.1) is 0 Å². The van der Waals surface area contributed by atoms with Gasteiger partial charge in [0.25, 0.3) is 0 Å². The maximum Gasteiger partial charge on any atom is 0.417 e. The van der Waals surface area contributed by atoms with Crippen molar-refractivity contribution in [2.24, 2.45) is 0 Å². The van der Waals surface area contributed by atoms with Crippen LogP contribution in [0.25, 0.3) is 5.83 Å². The smallest absolute Gasteiger partial charge is 0.294 e. The quantitative estimate of drug-likeness (QED) is 0.144. The van der Waals surface area contributed by atoms with Crippen molar-refractivity contribution in [1.29, 1.82) is 0 Å². The van der Waals surface area contributed by atoms with E-state index in [0.717, 1.165) is 24.4 Å². The van der Waals surface area contributed by atoms with Crippen LogP contribution in [-0.2, 0) is 6.18 Å². The number of ketones is 1. The maximum atomic E-state index is 15.0. The van der Waals surface area contributed by atoms with Crippen LogP contribution in [0.1, 0.15) is 51.0 Å². The number of halogens is 13. The summed E-state index contributed by atoms with van der Waals surface area (Å²) in [7, 11) is 0. The number of aromatic nitrogens is 1. The van der Waals surface area contributed by atoms with Crippen molar-refractivity contribution in [2.45, 2.75) is 36.8 Å². The molecule has 2 nitrogen and oxygen atoms in total. The average molecular weight is 653 g/mol. The molecular formula is C26H14Cl3F10NO. The van der Waals surface area contributed by atoms with Crippen LogP contribution < -0.4 is 0 Å². The van der Waals surface area contributed by atoms with E-state index < -0.39 is 86.4 Å². The van der Waals surface area contributed by atoms with E-state index in [9.17, 15) is 44.3 Å². The largest absolute Gasteiger partial charge is 0.417 e. The second-order valence-electron chi connectivity index (χ2n) is 8.57. The second kappa shape index (κ2) is 12.2. The molecule has 220 valence electrons.